The second-order valence-corrected chi connectivity index (χ2v) is 5.44. The fraction of sp³-hybridized carbons (Fsp3) is 0.500. The van der Waals surface area contributed by atoms with Crippen LogP contribution in [0.4, 0.5) is 0 Å². The summed E-state index contributed by atoms with van der Waals surface area (Å²) in [5.41, 5.74) is 1.14. The van der Waals surface area contributed by atoms with Crippen molar-refractivity contribution >= 4 is 17.7 Å². The van der Waals surface area contributed by atoms with E-state index >= 15 is 0 Å². The van der Waals surface area contributed by atoms with Crippen molar-refractivity contribution in [2.75, 3.05) is 32.1 Å². The number of amides is 1. The first-order valence-electron chi connectivity index (χ1n) is 6.51. The lowest BCUT2D eigenvalue weighted by molar-refractivity contribution is -0.122. The number of carbonyl (C=O) groups is 1. The molecular weight excluding hydrogens is 262 g/mol. The van der Waals surface area contributed by atoms with Gasteiger partial charge in [0.15, 0.2) is 0 Å². The normalized spacial score (nSPS) is 17.2. The van der Waals surface area contributed by atoms with E-state index in [1.807, 2.05) is 18.2 Å². The molecule has 1 heterocycles. The van der Waals surface area contributed by atoms with Crippen LogP contribution in [0.5, 0.6) is 0 Å². The number of aliphatic hydroxyl groups is 1. The summed E-state index contributed by atoms with van der Waals surface area (Å²) in [4.78, 5) is 13.3. The SMILES string of the molecule is O=C(NCCCOCCO)C1CSc2ccccc21. The molecule has 1 aromatic rings. The number of rotatable bonds is 7. The van der Waals surface area contributed by atoms with Gasteiger partial charge in [-0.15, -0.1) is 11.8 Å². The Balaban J connectivity index is 1.73. The number of benzene rings is 1. The van der Waals surface area contributed by atoms with E-state index in [9.17, 15) is 4.79 Å². The Morgan fingerprint density at radius 2 is 2.26 bits per heavy atom. The van der Waals surface area contributed by atoms with Crippen LogP contribution in [0, 0.1) is 0 Å². The number of ether oxygens (including phenoxy) is 1. The summed E-state index contributed by atoms with van der Waals surface area (Å²) < 4.78 is 5.14. The molecule has 0 aromatic heterocycles. The number of nitrogens with one attached hydrogen (secondary N) is 1. The van der Waals surface area contributed by atoms with Crippen molar-refractivity contribution in [1.29, 1.82) is 0 Å². The molecule has 0 saturated carbocycles. The van der Waals surface area contributed by atoms with Gasteiger partial charge in [0.05, 0.1) is 19.1 Å². The summed E-state index contributed by atoms with van der Waals surface area (Å²) in [7, 11) is 0. The van der Waals surface area contributed by atoms with Crippen LogP contribution in [0.3, 0.4) is 0 Å². The van der Waals surface area contributed by atoms with Gasteiger partial charge in [0.2, 0.25) is 5.91 Å². The minimum atomic E-state index is -0.0282. The van der Waals surface area contributed by atoms with E-state index in [1.54, 1.807) is 11.8 Å². The standard InChI is InChI=1S/C14H19NO3S/c16-7-9-18-8-3-6-15-14(17)12-10-19-13-5-2-1-4-11(12)13/h1-2,4-5,12,16H,3,6-10H2,(H,15,17). The smallest absolute Gasteiger partial charge is 0.228 e. The van der Waals surface area contributed by atoms with Gasteiger partial charge in [-0.05, 0) is 18.1 Å². The predicted octanol–water partition coefficient (Wildman–Crippen LogP) is 1.39. The van der Waals surface area contributed by atoms with Gasteiger partial charge in [-0.3, -0.25) is 4.79 Å². The average Bonchev–Trinajstić information content (AvgIpc) is 2.86. The number of carbonyl (C=O) groups excluding carboxylic acids is 1. The largest absolute Gasteiger partial charge is 0.394 e. The summed E-state index contributed by atoms with van der Waals surface area (Å²) in [6.07, 6.45) is 0.771. The molecule has 0 spiro atoms. The zero-order valence-corrected chi connectivity index (χ0v) is 11.6. The topological polar surface area (TPSA) is 58.6 Å². The van der Waals surface area contributed by atoms with Crippen LogP contribution in [-0.4, -0.2) is 43.1 Å². The van der Waals surface area contributed by atoms with Gasteiger partial charge in [-0.2, -0.15) is 0 Å². The zero-order chi connectivity index (χ0) is 13.5. The molecule has 0 saturated heterocycles. The van der Waals surface area contributed by atoms with Crippen LogP contribution in [0.25, 0.3) is 0 Å². The third kappa shape index (κ3) is 3.96. The lowest BCUT2D eigenvalue weighted by atomic mass is 10.0. The first-order chi connectivity index (χ1) is 9.33. The van der Waals surface area contributed by atoms with Crippen molar-refractivity contribution in [3.8, 4) is 0 Å². The van der Waals surface area contributed by atoms with E-state index in [2.05, 4.69) is 11.4 Å². The highest BCUT2D eigenvalue weighted by Gasteiger charge is 2.28. The van der Waals surface area contributed by atoms with Crippen LogP contribution >= 0.6 is 11.8 Å². The van der Waals surface area contributed by atoms with Gasteiger partial charge in [0, 0.05) is 23.8 Å². The van der Waals surface area contributed by atoms with Gasteiger partial charge in [-0.1, -0.05) is 18.2 Å². The van der Waals surface area contributed by atoms with E-state index in [4.69, 9.17) is 9.84 Å². The van der Waals surface area contributed by atoms with Gasteiger partial charge in [0.25, 0.3) is 0 Å². The second kappa shape index (κ2) is 7.53. The summed E-state index contributed by atoms with van der Waals surface area (Å²) >= 11 is 1.74. The molecule has 1 aliphatic rings. The summed E-state index contributed by atoms with van der Waals surface area (Å²) in [5, 5.41) is 11.5. The predicted molar refractivity (Wildman–Crippen MR) is 75.4 cm³/mol. The van der Waals surface area contributed by atoms with Gasteiger partial charge < -0.3 is 15.2 Å². The highest BCUT2D eigenvalue weighted by Crippen LogP contribution is 2.39. The van der Waals surface area contributed by atoms with E-state index in [0.717, 1.165) is 17.7 Å². The van der Waals surface area contributed by atoms with Gasteiger partial charge in [0.1, 0.15) is 0 Å². The Hall–Kier alpha value is -1.04. The number of hydrogen-bond donors (Lipinski definition) is 2. The molecule has 2 N–H and O–H groups in total. The fourth-order valence-corrected chi connectivity index (χ4v) is 3.28. The van der Waals surface area contributed by atoms with Crippen LogP contribution in [0.1, 0.15) is 17.9 Å². The van der Waals surface area contributed by atoms with Crippen molar-refractivity contribution in [3.05, 3.63) is 29.8 Å². The van der Waals surface area contributed by atoms with Crippen LogP contribution in [0.2, 0.25) is 0 Å². The van der Waals surface area contributed by atoms with Crippen molar-refractivity contribution in [2.45, 2.75) is 17.2 Å². The van der Waals surface area contributed by atoms with Crippen LogP contribution in [0.15, 0.2) is 29.2 Å². The first kappa shape index (κ1) is 14.4. The molecule has 0 fully saturated rings. The van der Waals surface area contributed by atoms with E-state index in [-0.39, 0.29) is 18.4 Å². The summed E-state index contributed by atoms with van der Waals surface area (Å²) in [6.45, 7) is 1.59. The quantitative estimate of drug-likeness (QED) is 0.742. The van der Waals surface area contributed by atoms with E-state index in [0.29, 0.717) is 19.8 Å². The lowest BCUT2D eigenvalue weighted by Gasteiger charge is -2.11. The second-order valence-electron chi connectivity index (χ2n) is 4.38. The van der Waals surface area contributed by atoms with Gasteiger partial charge >= 0.3 is 0 Å². The molecule has 0 radical (unpaired) electrons. The Labute approximate surface area is 117 Å². The van der Waals surface area contributed by atoms with Crippen LogP contribution in [-0.2, 0) is 9.53 Å². The van der Waals surface area contributed by atoms with Crippen LogP contribution < -0.4 is 5.32 Å². The Morgan fingerprint density at radius 1 is 1.42 bits per heavy atom. The number of thioether (sulfide) groups is 1. The van der Waals surface area contributed by atoms with Crippen molar-refractivity contribution < 1.29 is 14.6 Å². The molecule has 0 bridgehead atoms. The first-order valence-corrected chi connectivity index (χ1v) is 7.49. The highest BCUT2D eigenvalue weighted by molar-refractivity contribution is 7.99. The molecule has 1 unspecified atom stereocenters. The minimum absolute atomic E-state index is 0.0282. The lowest BCUT2D eigenvalue weighted by Crippen LogP contribution is -2.30. The Morgan fingerprint density at radius 3 is 3.11 bits per heavy atom. The Bertz CT molecular complexity index is 425. The molecule has 1 atom stereocenters. The van der Waals surface area contributed by atoms with Crippen molar-refractivity contribution in [1.82, 2.24) is 5.32 Å². The maximum atomic E-state index is 12.1. The molecule has 2 rings (SSSR count). The Kier molecular flexibility index (Phi) is 5.69. The fourth-order valence-electron chi connectivity index (χ4n) is 2.06. The highest BCUT2D eigenvalue weighted by atomic mass is 32.2. The van der Waals surface area contributed by atoms with E-state index in [1.165, 1.54) is 4.90 Å². The molecule has 0 aliphatic carbocycles. The number of aliphatic hydroxyl groups excluding tert-OH is 1. The third-order valence-corrected chi connectivity index (χ3v) is 4.20. The third-order valence-electron chi connectivity index (χ3n) is 3.02. The van der Waals surface area contributed by atoms with Gasteiger partial charge in [-0.25, -0.2) is 0 Å². The molecule has 104 valence electrons. The number of hydrogen-bond acceptors (Lipinski definition) is 4. The summed E-state index contributed by atoms with van der Waals surface area (Å²) in [6, 6.07) is 8.08. The van der Waals surface area contributed by atoms with E-state index < -0.39 is 0 Å². The van der Waals surface area contributed by atoms with Crippen molar-refractivity contribution in [2.24, 2.45) is 0 Å². The minimum Gasteiger partial charge on any atom is -0.394 e. The maximum Gasteiger partial charge on any atom is 0.228 e. The molecule has 5 heteroatoms. The average molecular weight is 281 g/mol. The zero-order valence-electron chi connectivity index (χ0n) is 10.8. The molecular formula is C14H19NO3S. The maximum absolute atomic E-state index is 12.1. The summed E-state index contributed by atoms with van der Waals surface area (Å²) in [5.74, 6) is 0.894. The van der Waals surface area contributed by atoms with Crippen molar-refractivity contribution in [3.63, 3.8) is 0 Å². The number of fused-ring (bicyclic) bond motifs is 1. The molecule has 1 aromatic carbocycles. The molecule has 1 aliphatic heterocycles. The monoisotopic (exact) mass is 281 g/mol. The molecule has 1 amide bonds. The molecule has 4 nitrogen and oxygen atoms in total. The molecule has 19 heavy (non-hydrogen) atoms.